The Morgan fingerprint density at radius 1 is 1.00 bits per heavy atom. The molecule has 0 saturated carbocycles. The molecule has 0 atom stereocenters. The molecule has 86 valence electrons. The molecule has 0 unspecified atom stereocenters. The Bertz CT molecular complexity index is 214. The van der Waals surface area contributed by atoms with Crippen molar-refractivity contribution in [2.24, 2.45) is 0 Å². The van der Waals surface area contributed by atoms with Crippen molar-refractivity contribution in [3.8, 4) is 0 Å². The second-order valence-electron chi connectivity index (χ2n) is 2.57. The van der Waals surface area contributed by atoms with Crippen LogP contribution < -0.4 is 0 Å². The van der Waals surface area contributed by atoms with Gasteiger partial charge in [-0.25, -0.2) is 0 Å². The molecular formula is C15H26. The lowest BCUT2D eigenvalue weighted by atomic mass is 10.1. The van der Waals surface area contributed by atoms with Gasteiger partial charge in [-0.1, -0.05) is 70.2 Å². The molecule has 0 N–H and O–H groups in total. The third kappa shape index (κ3) is 10.9. The minimum atomic E-state index is 1.19. The molecular weight excluding hydrogens is 180 g/mol. The van der Waals surface area contributed by atoms with Crippen molar-refractivity contribution in [2.45, 2.75) is 47.5 Å². The van der Waals surface area contributed by atoms with Crippen LogP contribution in [0.25, 0.3) is 0 Å². The second kappa shape index (κ2) is 15.4. The van der Waals surface area contributed by atoms with Crippen molar-refractivity contribution in [1.82, 2.24) is 0 Å². The van der Waals surface area contributed by atoms with Crippen molar-refractivity contribution in [3.63, 3.8) is 0 Å². The number of rotatable bonds is 2. The van der Waals surface area contributed by atoms with Gasteiger partial charge in [-0.15, -0.1) is 0 Å². The van der Waals surface area contributed by atoms with E-state index in [-0.39, 0.29) is 0 Å². The molecule has 0 heteroatoms. The summed E-state index contributed by atoms with van der Waals surface area (Å²) < 4.78 is 0. The summed E-state index contributed by atoms with van der Waals surface area (Å²) in [6, 6.07) is 0. The van der Waals surface area contributed by atoms with Crippen molar-refractivity contribution in [2.75, 3.05) is 0 Å². The van der Waals surface area contributed by atoms with Gasteiger partial charge in [-0.05, 0) is 25.3 Å². The molecule has 0 aromatic heterocycles. The summed E-state index contributed by atoms with van der Waals surface area (Å²) in [6.45, 7) is 10.0. The fourth-order valence-electron chi connectivity index (χ4n) is 1.04. The molecule has 0 amide bonds. The monoisotopic (exact) mass is 206 g/mol. The van der Waals surface area contributed by atoms with Crippen LogP contribution >= 0.6 is 0 Å². The third-order valence-electron chi connectivity index (χ3n) is 1.62. The fraction of sp³-hybridized carbons (Fsp3) is 0.467. The van der Waals surface area contributed by atoms with Crippen molar-refractivity contribution in [1.29, 1.82) is 0 Å². The van der Waals surface area contributed by atoms with Crippen LogP contribution in [0.3, 0.4) is 0 Å². The lowest BCUT2D eigenvalue weighted by Gasteiger charge is -1.99. The van der Waals surface area contributed by atoms with Crippen LogP contribution in [-0.2, 0) is 0 Å². The van der Waals surface area contributed by atoms with E-state index in [9.17, 15) is 0 Å². The largest absolute Gasteiger partial charge is 0.0877 e. The number of hydrogen-bond donors (Lipinski definition) is 0. The van der Waals surface area contributed by atoms with Gasteiger partial charge in [0.25, 0.3) is 0 Å². The van der Waals surface area contributed by atoms with Crippen LogP contribution in [0.5, 0.6) is 0 Å². The Labute approximate surface area is 96.1 Å². The first-order valence-electron chi connectivity index (χ1n) is 6.09. The van der Waals surface area contributed by atoms with E-state index in [0.717, 1.165) is 0 Å². The van der Waals surface area contributed by atoms with Crippen molar-refractivity contribution >= 4 is 0 Å². The van der Waals surface area contributed by atoms with E-state index >= 15 is 0 Å². The summed E-state index contributed by atoms with van der Waals surface area (Å²) >= 11 is 0. The maximum absolute atomic E-state index is 2.26. The van der Waals surface area contributed by atoms with E-state index in [0.29, 0.717) is 0 Å². The zero-order chi connectivity index (χ0) is 11.9. The zero-order valence-electron chi connectivity index (χ0n) is 11.0. The van der Waals surface area contributed by atoms with Crippen LogP contribution in [0.15, 0.2) is 48.1 Å². The Kier molecular flexibility index (Phi) is 16.9. The molecule has 1 rings (SSSR count). The van der Waals surface area contributed by atoms with Gasteiger partial charge in [0.05, 0.1) is 0 Å². The third-order valence-corrected chi connectivity index (χ3v) is 1.62. The van der Waals surface area contributed by atoms with Crippen LogP contribution in [0, 0.1) is 0 Å². The quantitative estimate of drug-likeness (QED) is 0.527. The molecule has 0 aliphatic heterocycles. The molecule has 0 heterocycles. The Morgan fingerprint density at radius 2 is 1.67 bits per heavy atom. The molecule has 1 aliphatic carbocycles. The predicted molar refractivity (Wildman–Crippen MR) is 73.1 cm³/mol. The highest BCUT2D eigenvalue weighted by molar-refractivity contribution is 5.34. The van der Waals surface area contributed by atoms with E-state index in [1.54, 1.807) is 0 Å². The minimum Gasteiger partial charge on any atom is -0.0877 e. The van der Waals surface area contributed by atoms with Crippen LogP contribution in [0.2, 0.25) is 0 Å². The predicted octanol–water partition coefficient (Wildman–Crippen LogP) is 5.45. The highest BCUT2D eigenvalue weighted by Gasteiger charge is 1.89. The number of allylic oxidation sites excluding steroid dienone is 8. The molecule has 0 radical (unpaired) electrons. The van der Waals surface area contributed by atoms with Crippen molar-refractivity contribution in [3.05, 3.63) is 48.1 Å². The Balaban J connectivity index is 0. The second-order valence-corrected chi connectivity index (χ2v) is 2.57. The summed E-state index contributed by atoms with van der Waals surface area (Å²) in [5.41, 5.74) is 1.33. The van der Waals surface area contributed by atoms with E-state index in [1.807, 2.05) is 46.8 Å². The normalized spacial score (nSPS) is 14.1. The summed E-state index contributed by atoms with van der Waals surface area (Å²) in [6.07, 6.45) is 17.3. The van der Waals surface area contributed by atoms with Gasteiger partial charge in [0.1, 0.15) is 0 Å². The average Bonchev–Trinajstić information content (AvgIpc) is 2.36. The molecule has 0 bridgehead atoms. The van der Waals surface area contributed by atoms with Crippen LogP contribution in [-0.4, -0.2) is 0 Å². The topological polar surface area (TPSA) is 0 Å². The smallest absolute Gasteiger partial charge is 0.0300 e. The summed E-state index contributed by atoms with van der Waals surface area (Å²) in [7, 11) is 0. The van der Waals surface area contributed by atoms with E-state index in [2.05, 4.69) is 30.4 Å². The molecule has 0 saturated heterocycles. The molecule has 1 aliphatic rings. The first-order chi connectivity index (χ1) is 7.43. The van der Waals surface area contributed by atoms with Gasteiger partial charge in [-0.2, -0.15) is 0 Å². The maximum atomic E-state index is 2.26. The maximum Gasteiger partial charge on any atom is -0.0300 e. The molecule has 0 aromatic rings. The highest BCUT2D eigenvalue weighted by Crippen LogP contribution is 2.10. The van der Waals surface area contributed by atoms with E-state index in [4.69, 9.17) is 0 Å². The van der Waals surface area contributed by atoms with Gasteiger partial charge < -0.3 is 0 Å². The van der Waals surface area contributed by atoms with Crippen molar-refractivity contribution < 1.29 is 0 Å². The van der Waals surface area contributed by atoms with Gasteiger partial charge in [0, 0.05) is 0 Å². The molecule has 0 spiro atoms. The minimum absolute atomic E-state index is 1.19. The van der Waals surface area contributed by atoms with Crippen LogP contribution in [0.1, 0.15) is 47.5 Å². The summed E-state index contributed by atoms with van der Waals surface area (Å²) in [5, 5.41) is 0. The van der Waals surface area contributed by atoms with Gasteiger partial charge in [0.15, 0.2) is 0 Å². The highest BCUT2D eigenvalue weighted by atomic mass is 14.0. The molecule has 0 fully saturated rings. The Morgan fingerprint density at radius 3 is 2.13 bits per heavy atom. The van der Waals surface area contributed by atoms with E-state index < -0.39 is 0 Å². The van der Waals surface area contributed by atoms with Gasteiger partial charge in [-0.3, -0.25) is 0 Å². The fourth-order valence-corrected chi connectivity index (χ4v) is 1.04. The average molecular weight is 206 g/mol. The van der Waals surface area contributed by atoms with Crippen LogP contribution in [0.4, 0.5) is 0 Å². The first kappa shape index (κ1) is 16.4. The van der Waals surface area contributed by atoms with Gasteiger partial charge in [0.2, 0.25) is 0 Å². The van der Waals surface area contributed by atoms with E-state index in [1.165, 1.54) is 18.4 Å². The van der Waals surface area contributed by atoms with Gasteiger partial charge >= 0.3 is 0 Å². The SMILES string of the molecule is C/C=C\C=C/C1=CCCC=C1.CC.CC. The summed E-state index contributed by atoms with van der Waals surface area (Å²) in [5.74, 6) is 0. The summed E-state index contributed by atoms with van der Waals surface area (Å²) in [4.78, 5) is 0. The first-order valence-corrected chi connectivity index (χ1v) is 6.09. The molecule has 0 nitrogen and oxygen atoms in total. The zero-order valence-corrected chi connectivity index (χ0v) is 11.0. The standard InChI is InChI=1S/C11H14.2C2H6/c1-2-3-5-8-11-9-6-4-7-10-11;2*1-2/h2-3,5-6,8-10H,4,7H2,1H3;2*1-2H3/b3-2-,8-5-;;. The molecule has 0 aromatic carbocycles. The number of hydrogen-bond acceptors (Lipinski definition) is 0. The lowest BCUT2D eigenvalue weighted by molar-refractivity contribution is 1.02. The Hall–Kier alpha value is -1.04. The lowest BCUT2D eigenvalue weighted by Crippen LogP contribution is -1.79. The molecule has 15 heavy (non-hydrogen) atoms.